The first-order chi connectivity index (χ1) is 8.06. The number of rotatable bonds is 6. The Morgan fingerprint density at radius 2 is 2.12 bits per heavy atom. The minimum Gasteiger partial charge on any atom is -0.478 e. The van der Waals surface area contributed by atoms with Gasteiger partial charge in [-0.25, -0.2) is 9.59 Å². The molecule has 1 aliphatic rings. The number of carboxylic acids is 2. The lowest BCUT2D eigenvalue weighted by molar-refractivity contribution is -0.147. The molecule has 0 spiro atoms. The molecule has 0 aromatic carbocycles. The van der Waals surface area contributed by atoms with E-state index in [1.165, 1.54) is 6.08 Å². The van der Waals surface area contributed by atoms with Crippen molar-refractivity contribution in [3.8, 4) is 0 Å². The van der Waals surface area contributed by atoms with Crippen molar-refractivity contribution in [1.29, 1.82) is 0 Å². The SMILES string of the molecule is CCCCCC=C1C=C(C(=O)O)OC1C(=O)O. The summed E-state index contributed by atoms with van der Waals surface area (Å²) in [7, 11) is 0. The molecule has 0 aliphatic carbocycles. The lowest BCUT2D eigenvalue weighted by Crippen LogP contribution is -2.22. The van der Waals surface area contributed by atoms with Gasteiger partial charge in [0, 0.05) is 5.57 Å². The fourth-order valence-corrected chi connectivity index (χ4v) is 1.59. The van der Waals surface area contributed by atoms with Gasteiger partial charge in [0.05, 0.1) is 0 Å². The lowest BCUT2D eigenvalue weighted by atomic mass is 10.1. The molecule has 94 valence electrons. The number of hydrogen-bond acceptors (Lipinski definition) is 3. The van der Waals surface area contributed by atoms with E-state index in [-0.39, 0.29) is 5.76 Å². The first-order valence-corrected chi connectivity index (χ1v) is 5.60. The Morgan fingerprint density at radius 3 is 2.65 bits per heavy atom. The highest BCUT2D eigenvalue weighted by molar-refractivity contribution is 5.89. The van der Waals surface area contributed by atoms with Crippen LogP contribution in [0.3, 0.4) is 0 Å². The van der Waals surface area contributed by atoms with Crippen LogP contribution in [0.5, 0.6) is 0 Å². The number of unbranched alkanes of at least 4 members (excludes halogenated alkanes) is 3. The molecule has 1 unspecified atom stereocenters. The van der Waals surface area contributed by atoms with Crippen LogP contribution >= 0.6 is 0 Å². The molecule has 17 heavy (non-hydrogen) atoms. The molecule has 1 atom stereocenters. The van der Waals surface area contributed by atoms with Gasteiger partial charge in [-0.1, -0.05) is 25.8 Å². The van der Waals surface area contributed by atoms with Crippen LogP contribution in [0.2, 0.25) is 0 Å². The Morgan fingerprint density at radius 1 is 1.41 bits per heavy atom. The topological polar surface area (TPSA) is 83.8 Å². The van der Waals surface area contributed by atoms with Crippen molar-refractivity contribution >= 4 is 11.9 Å². The van der Waals surface area contributed by atoms with Gasteiger partial charge in [-0.15, -0.1) is 0 Å². The van der Waals surface area contributed by atoms with Crippen LogP contribution in [0.1, 0.15) is 32.6 Å². The zero-order valence-corrected chi connectivity index (χ0v) is 9.68. The number of allylic oxidation sites excluding steroid dienone is 1. The Bertz CT molecular complexity index is 367. The van der Waals surface area contributed by atoms with Crippen LogP contribution in [0.25, 0.3) is 0 Å². The number of carbonyl (C=O) groups is 2. The van der Waals surface area contributed by atoms with Crippen molar-refractivity contribution < 1.29 is 24.5 Å². The number of aliphatic carboxylic acids is 2. The molecule has 1 rings (SSSR count). The third kappa shape index (κ3) is 3.62. The normalized spacial score (nSPS) is 21.1. The molecule has 0 bridgehead atoms. The minimum absolute atomic E-state index is 0.306. The van der Waals surface area contributed by atoms with E-state index in [2.05, 4.69) is 6.92 Å². The van der Waals surface area contributed by atoms with Crippen LogP contribution in [0.15, 0.2) is 23.5 Å². The molecule has 0 radical (unpaired) electrons. The van der Waals surface area contributed by atoms with Gasteiger partial charge in [0.1, 0.15) is 0 Å². The zero-order valence-electron chi connectivity index (χ0n) is 9.68. The highest BCUT2D eigenvalue weighted by Crippen LogP contribution is 2.24. The summed E-state index contributed by atoms with van der Waals surface area (Å²) in [5, 5.41) is 17.6. The summed E-state index contributed by atoms with van der Waals surface area (Å²) in [5.41, 5.74) is 0.422. The monoisotopic (exact) mass is 240 g/mol. The van der Waals surface area contributed by atoms with E-state index < -0.39 is 18.0 Å². The van der Waals surface area contributed by atoms with Crippen LogP contribution in [0, 0.1) is 0 Å². The minimum atomic E-state index is -1.24. The van der Waals surface area contributed by atoms with Gasteiger partial charge < -0.3 is 14.9 Å². The average Bonchev–Trinajstić information content (AvgIpc) is 2.68. The van der Waals surface area contributed by atoms with Gasteiger partial charge in [0.25, 0.3) is 0 Å². The van der Waals surface area contributed by atoms with E-state index in [9.17, 15) is 9.59 Å². The molecule has 0 aromatic rings. The lowest BCUT2D eigenvalue weighted by Gasteiger charge is -2.07. The number of hydrogen-bond donors (Lipinski definition) is 2. The zero-order chi connectivity index (χ0) is 12.8. The second-order valence-electron chi connectivity index (χ2n) is 3.85. The van der Waals surface area contributed by atoms with Crippen LogP contribution in [0.4, 0.5) is 0 Å². The molecule has 5 heteroatoms. The summed E-state index contributed by atoms with van der Waals surface area (Å²) in [4.78, 5) is 21.6. The van der Waals surface area contributed by atoms with Crippen LogP contribution < -0.4 is 0 Å². The van der Waals surface area contributed by atoms with E-state index in [1.807, 2.05) is 0 Å². The third-order valence-corrected chi connectivity index (χ3v) is 2.47. The van der Waals surface area contributed by atoms with Crippen molar-refractivity contribution in [3.63, 3.8) is 0 Å². The molecule has 0 amide bonds. The summed E-state index contributed by atoms with van der Waals surface area (Å²) in [5.74, 6) is -2.72. The van der Waals surface area contributed by atoms with E-state index in [1.54, 1.807) is 6.08 Å². The fourth-order valence-electron chi connectivity index (χ4n) is 1.59. The largest absolute Gasteiger partial charge is 0.478 e. The first-order valence-electron chi connectivity index (χ1n) is 5.60. The molecular weight excluding hydrogens is 224 g/mol. The van der Waals surface area contributed by atoms with Crippen molar-refractivity contribution in [2.75, 3.05) is 0 Å². The summed E-state index contributed by atoms with van der Waals surface area (Å²) < 4.78 is 4.85. The van der Waals surface area contributed by atoms with E-state index in [0.717, 1.165) is 25.7 Å². The van der Waals surface area contributed by atoms with Crippen molar-refractivity contribution in [3.05, 3.63) is 23.5 Å². The Balaban J connectivity index is 2.70. The van der Waals surface area contributed by atoms with Gasteiger partial charge in [0.2, 0.25) is 11.9 Å². The first kappa shape index (κ1) is 13.3. The molecule has 0 fully saturated rings. The molecule has 1 aliphatic heterocycles. The highest BCUT2D eigenvalue weighted by atomic mass is 16.5. The standard InChI is InChI=1S/C12H16O5/c1-2-3-4-5-6-8-7-9(11(13)14)17-10(8)12(15)16/h6-7,10H,2-5H2,1H3,(H,13,14)(H,15,16). The molecule has 2 N–H and O–H groups in total. The van der Waals surface area contributed by atoms with Gasteiger partial charge in [0.15, 0.2) is 0 Å². The van der Waals surface area contributed by atoms with Gasteiger partial charge in [-0.2, -0.15) is 0 Å². The van der Waals surface area contributed by atoms with E-state index in [0.29, 0.717) is 5.57 Å². The third-order valence-electron chi connectivity index (χ3n) is 2.47. The molecule has 5 nitrogen and oxygen atoms in total. The summed E-state index contributed by atoms with van der Waals surface area (Å²) in [6.07, 6.45) is 5.69. The number of ether oxygens (including phenoxy) is 1. The second kappa shape index (κ2) is 6.08. The smallest absolute Gasteiger partial charge is 0.371 e. The summed E-state index contributed by atoms with van der Waals surface area (Å²) >= 11 is 0. The second-order valence-corrected chi connectivity index (χ2v) is 3.85. The van der Waals surface area contributed by atoms with Gasteiger partial charge >= 0.3 is 11.9 Å². The maximum atomic E-state index is 10.9. The van der Waals surface area contributed by atoms with E-state index in [4.69, 9.17) is 14.9 Å². The number of carboxylic acid groups (broad SMARTS) is 2. The maximum Gasteiger partial charge on any atom is 0.371 e. The molecule has 0 saturated heterocycles. The van der Waals surface area contributed by atoms with Gasteiger partial charge in [-0.05, 0) is 18.9 Å². The Labute approximate surface area is 99.4 Å². The van der Waals surface area contributed by atoms with Crippen molar-refractivity contribution in [1.82, 2.24) is 0 Å². The Hall–Kier alpha value is -1.78. The molecule has 0 saturated carbocycles. The molecule has 0 aromatic heterocycles. The maximum absolute atomic E-state index is 10.9. The van der Waals surface area contributed by atoms with Crippen LogP contribution in [-0.2, 0) is 14.3 Å². The predicted octanol–water partition coefficient (Wildman–Crippen LogP) is 1.94. The van der Waals surface area contributed by atoms with Crippen LogP contribution in [-0.4, -0.2) is 28.3 Å². The average molecular weight is 240 g/mol. The summed E-state index contributed by atoms with van der Waals surface area (Å²) in [6, 6.07) is 0. The predicted molar refractivity (Wildman–Crippen MR) is 60.5 cm³/mol. The van der Waals surface area contributed by atoms with Crippen molar-refractivity contribution in [2.24, 2.45) is 0 Å². The van der Waals surface area contributed by atoms with Crippen molar-refractivity contribution in [2.45, 2.75) is 38.7 Å². The quantitative estimate of drug-likeness (QED) is 0.693. The Kier molecular flexibility index (Phi) is 4.75. The molecule has 1 heterocycles. The van der Waals surface area contributed by atoms with E-state index >= 15 is 0 Å². The summed E-state index contributed by atoms with van der Waals surface area (Å²) in [6.45, 7) is 2.08. The van der Waals surface area contributed by atoms with Gasteiger partial charge in [-0.3, -0.25) is 0 Å². The highest BCUT2D eigenvalue weighted by Gasteiger charge is 2.32. The fraction of sp³-hybridized carbons (Fsp3) is 0.500. The molecular formula is C12H16O5.